The summed E-state index contributed by atoms with van der Waals surface area (Å²) < 4.78 is 31.3. The molecule has 0 aliphatic rings. The van der Waals surface area contributed by atoms with Gasteiger partial charge in [-0.05, 0) is 26.0 Å². The molecule has 7 heteroatoms. The van der Waals surface area contributed by atoms with Gasteiger partial charge in [0.05, 0.1) is 6.10 Å². The van der Waals surface area contributed by atoms with Crippen molar-refractivity contribution in [2.45, 2.75) is 24.8 Å². The molecule has 1 unspecified atom stereocenters. The van der Waals surface area contributed by atoms with Crippen LogP contribution in [0.3, 0.4) is 0 Å². The molecule has 1 aromatic heterocycles. The SMILES string of the molecule is CCOC(C)CNS(=O)(=O)c1ccc(N)nc1. The summed E-state index contributed by atoms with van der Waals surface area (Å²) in [5.74, 6) is 0.284. The van der Waals surface area contributed by atoms with E-state index in [1.54, 1.807) is 6.92 Å². The van der Waals surface area contributed by atoms with Crippen LogP contribution in [0.25, 0.3) is 0 Å². The highest BCUT2D eigenvalue weighted by molar-refractivity contribution is 7.89. The number of nitrogens with zero attached hydrogens (tertiary/aromatic N) is 1. The van der Waals surface area contributed by atoms with Crippen LogP contribution in [0.4, 0.5) is 5.82 Å². The van der Waals surface area contributed by atoms with Crippen molar-refractivity contribution in [1.82, 2.24) is 9.71 Å². The van der Waals surface area contributed by atoms with Gasteiger partial charge in [-0.2, -0.15) is 0 Å². The van der Waals surface area contributed by atoms with Crippen LogP contribution >= 0.6 is 0 Å². The summed E-state index contributed by atoms with van der Waals surface area (Å²) in [4.78, 5) is 3.83. The molecule has 0 aliphatic heterocycles. The Morgan fingerprint density at radius 1 is 1.53 bits per heavy atom. The zero-order valence-electron chi connectivity index (χ0n) is 9.88. The molecule has 0 saturated heterocycles. The fourth-order valence-electron chi connectivity index (χ4n) is 1.20. The van der Waals surface area contributed by atoms with Gasteiger partial charge in [0.25, 0.3) is 0 Å². The predicted molar refractivity (Wildman–Crippen MR) is 64.9 cm³/mol. The molecule has 1 rings (SSSR count). The van der Waals surface area contributed by atoms with E-state index in [0.29, 0.717) is 6.61 Å². The maximum Gasteiger partial charge on any atom is 0.242 e. The molecule has 1 aromatic rings. The highest BCUT2D eigenvalue weighted by Crippen LogP contribution is 2.08. The topological polar surface area (TPSA) is 94.3 Å². The number of anilines is 1. The molecule has 0 radical (unpaired) electrons. The van der Waals surface area contributed by atoms with Crippen molar-refractivity contribution in [3.05, 3.63) is 18.3 Å². The summed E-state index contributed by atoms with van der Waals surface area (Å²) in [7, 11) is -3.54. The van der Waals surface area contributed by atoms with Gasteiger partial charge >= 0.3 is 0 Å². The number of aromatic nitrogens is 1. The van der Waals surface area contributed by atoms with Crippen molar-refractivity contribution in [3.63, 3.8) is 0 Å². The highest BCUT2D eigenvalue weighted by atomic mass is 32.2. The molecule has 1 atom stereocenters. The van der Waals surface area contributed by atoms with Crippen LogP contribution in [0.2, 0.25) is 0 Å². The third-order valence-electron chi connectivity index (χ3n) is 2.08. The second-order valence-corrected chi connectivity index (χ2v) is 5.30. The molecule has 6 nitrogen and oxygen atoms in total. The predicted octanol–water partition coefficient (Wildman–Crippen LogP) is 0.367. The monoisotopic (exact) mass is 259 g/mol. The van der Waals surface area contributed by atoms with Crippen molar-refractivity contribution in [2.24, 2.45) is 0 Å². The second-order valence-electron chi connectivity index (χ2n) is 3.54. The number of ether oxygens (including phenoxy) is 1. The Labute approximate surface area is 101 Å². The maximum atomic E-state index is 11.8. The molecule has 1 heterocycles. The van der Waals surface area contributed by atoms with Gasteiger partial charge in [0.15, 0.2) is 0 Å². The van der Waals surface area contributed by atoms with E-state index < -0.39 is 10.0 Å². The lowest BCUT2D eigenvalue weighted by molar-refractivity contribution is 0.0799. The Balaban J connectivity index is 2.66. The van der Waals surface area contributed by atoms with Crippen molar-refractivity contribution < 1.29 is 13.2 Å². The fourth-order valence-corrected chi connectivity index (χ4v) is 2.26. The number of nitrogen functional groups attached to an aromatic ring is 1. The molecule has 0 fully saturated rings. The van der Waals surface area contributed by atoms with Crippen LogP contribution in [0.15, 0.2) is 23.2 Å². The van der Waals surface area contributed by atoms with Crippen LogP contribution in [0.1, 0.15) is 13.8 Å². The van der Waals surface area contributed by atoms with Gasteiger partial charge in [0, 0.05) is 19.3 Å². The summed E-state index contributed by atoms with van der Waals surface area (Å²) in [5, 5.41) is 0. The first-order chi connectivity index (χ1) is 7.95. The van der Waals surface area contributed by atoms with E-state index >= 15 is 0 Å². The number of pyridine rings is 1. The molecule has 0 amide bonds. The minimum absolute atomic E-state index is 0.0930. The van der Waals surface area contributed by atoms with Gasteiger partial charge in [0.2, 0.25) is 10.0 Å². The molecule has 0 aliphatic carbocycles. The summed E-state index contributed by atoms with van der Waals surface area (Å²) in [6, 6.07) is 2.86. The first-order valence-corrected chi connectivity index (χ1v) is 6.77. The Morgan fingerprint density at radius 3 is 2.76 bits per heavy atom. The first kappa shape index (κ1) is 13.9. The summed E-state index contributed by atoms with van der Waals surface area (Å²) >= 11 is 0. The van der Waals surface area contributed by atoms with Crippen LogP contribution in [-0.4, -0.2) is 32.7 Å². The van der Waals surface area contributed by atoms with Gasteiger partial charge in [-0.15, -0.1) is 0 Å². The number of nitrogens with two attached hydrogens (primary N) is 1. The zero-order chi connectivity index (χ0) is 12.9. The van der Waals surface area contributed by atoms with Crippen molar-refractivity contribution in [1.29, 1.82) is 0 Å². The van der Waals surface area contributed by atoms with Gasteiger partial charge in [-0.1, -0.05) is 0 Å². The molecular weight excluding hydrogens is 242 g/mol. The lowest BCUT2D eigenvalue weighted by Crippen LogP contribution is -2.32. The van der Waals surface area contributed by atoms with E-state index in [1.807, 2.05) is 6.92 Å². The zero-order valence-corrected chi connectivity index (χ0v) is 10.7. The quantitative estimate of drug-likeness (QED) is 0.769. The smallest absolute Gasteiger partial charge is 0.242 e. The van der Waals surface area contributed by atoms with Crippen molar-refractivity contribution in [2.75, 3.05) is 18.9 Å². The van der Waals surface area contributed by atoms with Crippen molar-refractivity contribution in [3.8, 4) is 0 Å². The largest absolute Gasteiger partial charge is 0.384 e. The lowest BCUT2D eigenvalue weighted by Gasteiger charge is -2.12. The van der Waals surface area contributed by atoms with E-state index in [0.717, 1.165) is 0 Å². The van der Waals surface area contributed by atoms with E-state index in [9.17, 15) is 8.42 Å². The highest BCUT2D eigenvalue weighted by Gasteiger charge is 2.15. The van der Waals surface area contributed by atoms with E-state index in [-0.39, 0.29) is 23.4 Å². The molecule has 0 aromatic carbocycles. The Kier molecular flexibility index (Phi) is 4.86. The van der Waals surface area contributed by atoms with E-state index in [1.165, 1.54) is 18.3 Å². The standard InChI is InChI=1S/C10H17N3O3S/c1-3-16-8(2)6-13-17(14,15)9-4-5-10(11)12-7-9/h4-5,7-8,13H,3,6H2,1-2H3,(H2,11,12). The van der Waals surface area contributed by atoms with Crippen LogP contribution < -0.4 is 10.5 Å². The number of nitrogens with one attached hydrogen (secondary N) is 1. The summed E-state index contributed by atoms with van der Waals surface area (Å²) in [6.07, 6.45) is 1.06. The molecule has 3 N–H and O–H groups in total. The fraction of sp³-hybridized carbons (Fsp3) is 0.500. The van der Waals surface area contributed by atoms with Crippen LogP contribution in [0, 0.1) is 0 Å². The molecule has 96 valence electrons. The first-order valence-electron chi connectivity index (χ1n) is 5.28. The van der Waals surface area contributed by atoms with Crippen molar-refractivity contribution >= 4 is 15.8 Å². The number of hydrogen-bond acceptors (Lipinski definition) is 5. The molecule has 17 heavy (non-hydrogen) atoms. The number of rotatable bonds is 6. The minimum atomic E-state index is -3.54. The molecule has 0 saturated carbocycles. The Morgan fingerprint density at radius 2 is 2.24 bits per heavy atom. The number of hydrogen-bond donors (Lipinski definition) is 2. The molecule has 0 spiro atoms. The van der Waals surface area contributed by atoms with E-state index in [4.69, 9.17) is 10.5 Å². The Bertz CT molecular complexity index is 444. The van der Waals surface area contributed by atoms with Crippen LogP contribution in [-0.2, 0) is 14.8 Å². The Hall–Kier alpha value is -1.18. The third-order valence-corrected chi connectivity index (χ3v) is 3.49. The van der Waals surface area contributed by atoms with Gasteiger partial charge < -0.3 is 10.5 Å². The molecule has 0 bridgehead atoms. The normalized spacial score (nSPS) is 13.5. The van der Waals surface area contributed by atoms with Gasteiger partial charge in [-0.3, -0.25) is 0 Å². The average molecular weight is 259 g/mol. The summed E-state index contributed by atoms with van der Waals surface area (Å²) in [5.41, 5.74) is 5.39. The number of sulfonamides is 1. The second kappa shape index (κ2) is 5.95. The molecular formula is C10H17N3O3S. The summed E-state index contributed by atoms with van der Waals surface area (Å²) in [6.45, 7) is 4.43. The van der Waals surface area contributed by atoms with Gasteiger partial charge in [0.1, 0.15) is 10.7 Å². The average Bonchev–Trinajstić information content (AvgIpc) is 2.28. The van der Waals surface area contributed by atoms with Gasteiger partial charge in [-0.25, -0.2) is 18.1 Å². The van der Waals surface area contributed by atoms with Crippen LogP contribution in [0.5, 0.6) is 0 Å². The third kappa shape index (κ3) is 4.29. The maximum absolute atomic E-state index is 11.8. The van der Waals surface area contributed by atoms with E-state index in [2.05, 4.69) is 9.71 Å². The minimum Gasteiger partial charge on any atom is -0.384 e. The lowest BCUT2D eigenvalue weighted by atomic mass is 10.4.